The second-order valence-electron chi connectivity index (χ2n) is 6.57. The van der Waals surface area contributed by atoms with E-state index in [4.69, 9.17) is 0 Å². The number of nitrogens with one attached hydrogen (secondary N) is 2. The zero-order valence-corrected chi connectivity index (χ0v) is 17.3. The van der Waals surface area contributed by atoms with Gasteiger partial charge in [0.05, 0.1) is 0 Å². The number of nitrogens with zero attached hydrogens (tertiary/aromatic N) is 1. The summed E-state index contributed by atoms with van der Waals surface area (Å²) in [4.78, 5) is 26.0. The van der Waals surface area contributed by atoms with Gasteiger partial charge in [0.1, 0.15) is 6.54 Å². The van der Waals surface area contributed by atoms with Crippen LogP contribution in [0, 0.1) is 27.7 Å². The summed E-state index contributed by atoms with van der Waals surface area (Å²) in [6.45, 7) is 7.86. The van der Waals surface area contributed by atoms with Gasteiger partial charge in [0.15, 0.2) is 0 Å². The highest BCUT2D eigenvalue weighted by atomic mass is 79.9. The quantitative estimate of drug-likeness (QED) is 0.751. The lowest BCUT2D eigenvalue weighted by molar-refractivity contribution is -0.116. The Morgan fingerprint density at radius 3 is 2.15 bits per heavy atom. The molecule has 0 bridgehead atoms. The van der Waals surface area contributed by atoms with Gasteiger partial charge in [0.25, 0.3) is 0 Å². The molecular formula is C20H24BrN3O2. The van der Waals surface area contributed by atoms with Crippen molar-refractivity contribution in [3.8, 4) is 0 Å². The number of carbonyl (C=O) groups excluding carboxylic acids is 2. The lowest BCUT2D eigenvalue weighted by Crippen LogP contribution is -2.37. The topological polar surface area (TPSA) is 61.4 Å². The number of likely N-dealkylation sites (N-methyl/N-ethyl adjacent to an activating group) is 1. The van der Waals surface area contributed by atoms with E-state index < -0.39 is 0 Å². The van der Waals surface area contributed by atoms with Gasteiger partial charge in [0.2, 0.25) is 5.91 Å². The number of carbonyl (C=O) groups is 2. The van der Waals surface area contributed by atoms with Crippen LogP contribution >= 0.6 is 15.9 Å². The Kier molecular flexibility index (Phi) is 6.42. The number of anilines is 2. The predicted octanol–water partition coefficient (Wildman–Crippen LogP) is 4.79. The van der Waals surface area contributed by atoms with Gasteiger partial charge in [-0.3, -0.25) is 4.79 Å². The Bertz CT molecular complexity index is 826. The lowest BCUT2D eigenvalue weighted by Gasteiger charge is -2.19. The third-order valence-corrected chi connectivity index (χ3v) is 4.97. The maximum absolute atomic E-state index is 12.3. The number of aryl methyl sites for hydroxylation is 4. The summed E-state index contributed by atoms with van der Waals surface area (Å²) in [6, 6.07) is 9.26. The molecule has 0 saturated carbocycles. The van der Waals surface area contributed by atoms with Crippen LogP contribution in [0.2, 0.25) is 0 Å². The second kappa shape index (κ2) is 8.36. The molecule has 6 heteroatoms. The van der Waals surface area contributed by atoms with E-state index in [1.807, 2.05) is 58.0 Å². The molecule has 0 spiro atoms. The second-order valence-corrected chi connectivity index (χ2v) is 7.43. The molecule has 2 aromatic carbocycles. The van der Waals surface area contributed by atoms with Gasteiger partial charge in [-0.25, -0.2) is 4.79 Å². The van der Waals surface area contributed by atoms with E-state index in [1.54, 1.807) is 7.05 Å². The van der Waals surface area contributed by atoms with Crippen molar-refractivity contribution in [1.82, 2.24) is 4.90 Å². The summed E-state index contributed by atoms with van der Waals surface area (Å²) in [7, 11) is 1.59. The normalized spacial score (nSPS) is 10.4. The summed E-state index contributed by atoms with van der Waals surface area (Å²) in [6.07, 6.45) is 0. The molecule has 2 N–H and O–H groups in total. The molecule has 3 amide bonds. The van der Waals surface area contributed by atoms with E-state index in [9.17, 15) is 9.59 Å². The summed E-state index contributed by atoms with van der Waals surface area (Å²) >= 11 is 3.43. The molecule has 0 unspecified atom stereocenters. The average Bonchev–Trinajstić information content (AvgIpc) is 2.54. The molecule has 26 heavy (non-hydrogen) atoms. The molecule has 2 aromatic rings. The lowest BCUT2D eigenvalue weighted by atomic mass is 10.1. The molecule has 5 nitrogen and oxygen atoms in total. The van der Waals surface area contributed by atoms with Gasteiger partial charge in [-0.1, -0.05) is 33.6 Å². The zero-order valence-electron chi connectivity index (χ0n) is 15.7. The zero-order chi connectivity index (χ0) is 19.4. The van der Waals surface area contributed by atoms with Crippen LogP contribution in [0.15, 0.2) is 34.8 Å². The molecule has 138 valence electrons. The summed E-state index contributed by atoms with van der Waals surface area (Å²) in [5, 5.41) is 5.70. The highest BCUT2D eigenvalue weighted by Gasteiger charge is 2.15. The number of benzene rings is 2. The molecule has 0 fully saturated rings. The van der Waals surface area contributed by atoms with E-state index in [0.29, 0.717) is 5.69 Å². The Hall–Kier alpha value is -2.34. The Balaban J connectivity index is 1.98. The standard InChI is InChI=1S/C20H24BrN3O2/c1-12-8-14(3)19(15(4)9-12)23-18(25)11-24(5)20(26)22-16-6-7-17(21)13(2)10-16/h6-10H,11H2,1-5H3,(H,22,26)(H,23,25). The highest BCUT2D eigenvalue weighted by Crippen LogP contribution is 2.22. The van der Waals surface area contributed by atoms with Crippen molar-refractivity contribution in [3.63, 3.8) is 0 Å². The molecule has 0 heterocycles. The minimum Gasteiger partial charge on any atom is -0.324 e. The number of urea groups is 1. The van der Waals surface area contributed by atoms with Gasteiger partial charge in [-0.15, -0.1) is 0 Å². The first kappa shape index (κ1) is 20.0. The van der Waals surface area contributed by atoms with E-state index in [2.05, 4.69) is 26.6 Å². The minimum atomic E-state index is -0.334. The minimum absolute atomic E-state index is 0.0336. The van der Waals surface area contributed by atoms with Gasteiger partial charge in [-0.05, 0) is 62.6 Å². The molecule has 0 atom stereocenters. The fraction of sp³-hybridized carbons (Fsp3) is 0.300. The molecule has 0 aliphatic carbocycles. The van der Waals surface area contributed by atoms with E-state index in [1.165, 1.54) is 4.90 Å². The van der Waals surface area contributed by atoms with E-state index in [0.717, 1.165) is 32.4 Å². The van der Waals surface area contributed by atoms with Crippen LogP contribution in [-0.4, -0.2) is 30.4 Å². The fourth-order valence-electron chi connectivity index (χ4n) is 2.78. The van der Waals surface area contributed by atoms with Crippen LogP contribution in [0.5, 0.6) is 0 Å². The SMILES string of the molecule is Cc1cc(C)c(NC(=O)CN(C)C(=O)Nc2ccc(Br)c(C)c2)c(C)c1. The van der Waals surface area contributed by atoms with Crippen LogP contribution in [0.1, 0.15) is 22.3 Å². The van der Waals surface area contributed by atoms with Gasteiger partial charge in [-0.2, -0.15) is 0 Å². The van der Waals surface area contributed by atoms with Crippen molar-refractivity contribution in [2.45, 2.75) is 27.7 Å². The first-order valence-electron chi connectivity index (χ1n) is 8.33. The van der Waals surface area contributed by atoms with Gasteiger partial charge < -0.3 is 15.5 Å². The number of hydrogen-bond acceptors (Lipinski definition) is 2. The van der Waals surface area contributed by atoms with Crippen molar-refractivity contribution >= 4 is 39.2 Å². The number of halogens is 1. The maximum Gasteiger partial charge on any atom is 0.322 e. The van der Waals surface area contributed by atoms with Crippen molar-refractivity contribution in [2.24, 2.45) is 0 Å². The molecule has 0 radical (unpaired) electrons. The monoisotopic (exact) mass is 417 g/mol. The number of rotatable bonds is 4. The maximum atomic E-state index is 12.3. The van der Waals surface area contributed by atoms with Crippen LogP contribution < -0.4 is 10.6 Å². The first-order chi connectivity index (χ1) is 12.2. The predicted molar refractivity (Wildman–Crippen MR) is 110 cm³/mol. The summed E-state index contributed by atoms with van der Waals surface area (Å²) < 4.78 is 0.979. The number of amides is 3. The number of hydrogen-bond donors (Lipinski definition) is 2. The molecule has 0 aromatic heterocycles. The van der Waals surface area contributed by atoms with E-state index in [-0.39, 0.29) is 18.5 Å². The van der Waals surface area contributed by atoms with Crippen molar-refractivity contribution < 1.29 is 9.59 Å². The Morgan fingerprint density at radius 2 is 1.58 bits per heavy atom. The summed E-state index contributed by atoms with van der Waals surface area (Å²) in [5.74, 6) is -0.232. The fourth-order valence-corrected chi connectivity index (χ4v) is 3.03. The third kappa shape index (κ3) is 5.08. The third-order valence-electron chi connectivity index (χ3n) is 4.08. The first-order valence-corrected chi connectivity index (χ1v) is 9.12. The highest BCUT2D eigenvalue weighted by molar-refractivity contribution is 9.10. The van der Waals surface area contributed by atoms with Crippen molar-refractivity contribution in [2.75, 3.05) is 24.2 Å². The largest absolute Gasteiger partial charge is 0.324 e. The molecule has 0 aliphatic rings. The van der Waals surface area contributed by atoms with Crippen LogP contribution in [0.4, 0.5) is 16.2 Å². The average molecular weight is 418 g/mol. The van der Waals surface area contributed by atoms with Gasteiger partial charge in [0, 0.05) is 22.9 Å². The summed E-state index contributed by atoms with van der Waals surface area (Å²) in [5.41, 5.74) is 5.68. The molecule has 0 aliphatic heterocycles. The Labute approximate surface area is 162 Å². The van der Waals surface area contributed by atoms with Crippen LogP contribution in [0.25, 0.3) is 0 Å². The molecule has 2 rings (SSSR count). The van der Waals surface area contributed by atoms with Crippen molar-refractivity contribution in [1.29, 1.82) is 0 Å². The van der Waals surface area contributed by atoms with Crippen molar-refractivity contribution in [3.05, 3.63) is 57.1 Å². The smallest absolute Gasteiger partial charge is 0.322 e. The van der Waals surface area contributed by atoms with Gasteiger partial charge >= 0.3 is 6.03 Å². The van der Waals surface area contributed by atoms with Crippen LogP contribution in [-0.2, 0) is 4.79 Å². The molecule has 0 saturated heterocycles. The Morgan fingerprint density at radius 1 is 0.962 bits per heavy atom. The van der Waals surface area contributed by atoms with E-state index >= 15 is 0 Å². The van der Waals surface area contributed by atoms with Crippen LogP contribution in [0.3, 0.4) is 0 Å². The molecular weight excluding hydrogens is 394 g/mol.